The first kappa shape index (κ1) is 15.0. The third-order valence-electron chi connectivity index (χ3n) is 5.49. The molecule has 2 rings (SSSR count). The first-order valence-electron chi connectivity index (χ1n) is 8.13. The molecule has 0 N–H and O–H groups in total. The highest BCUT2D eigenvalue weighted by molar-refractivity contribution is 5.60. The van der Waals surface area contributed by atoms with E-state index in [4.69, 9.17) is 0 Å². The molecule has 2 fully saturated rings. The number of carbonyl (C=O) groups is 1. The molecule has 1 saturated heterocycles. The van der Waals surface area contributed by atoms with Crippen molar-refractivity contribution in [1.82, 2.24) is 4.90 Å². The Balaban J connectivity index is 1.93. The quantitative estimate of drug-likeness (QED) is 0.721. The summed E-state index contributed by atoms with van der Waals surface area (Å²) in [5.41, 5.74) is 0.463. The summed E-state index contributed by atoms with van der Waals surface area (Å²) in [6.45, 7) is 10.5. The van der Waals surface area contributed by atoms with Crippen LogP contribution in [0.5, 0.6) is 0 Å². The van der Waals surface area contributed by atoms with Crippen molar-refractivity contribution in [3.63, 3.8) is 0 Å². The highest BCUT2D eigenvalue weighted by Crippen LogP contribution is 2.39. The normalized spacial score (nSPS) is 36.7. The van der Waals surface area contributed by atoms with Gasteiger partial charge in [0.1, 0.15) is 6.29 Å². The summed E-state index contributed by atoms with van der Waals surface area (Å²) in [5.74, 6) is 0.816. The standard InChI is InChI=1S/C17H31NO/c1-15-5-8-17(14-19,9-6-15)13-18-11-4-7-16(2,3)10-12-18/h14-15H,4-13H2,1-3H3. The van der Waals surface area contributed by atoms with Crippen LogP contribution in [0.3, 0.4) is 0 Å². The minimum atomic E-state index is -0.0268. The van der Waals surface area contributed by atoms with E-state index in [1.165, 1.54) is 51.5 Å². The van der Waals surface area contributed by atoms with E-state index in [1.807, 2.05) is 0 Å². The smallest absolute Gasteiger partial charge is 0.127 e. The molecule has 1 saturated carbocycles. The molecule has 0 bridgehead atoms. The lowest BCUT2D eigenvalue weighted by Crippen LogP contribution is -2.41. The predicted molar refractivity (Wildman–Crippen MR) is 80.2 cm³/mol. The van der Waals surface area contributed by atoms with Crippen LogP contribution < -0.4 is 0 Å². The third kappa shape index (κ3) is 4.05. The van der Waals surface area contributed by atoms with Crippen LogP contribution in [0.25, 0.3) is 0 Å². The van der Waals surface area contributed by atoms with Gasteiger partial charge < -0.3 is 9.69 Å². The minimum Gasteiger partial charge on any atom is -0.303 e. The van der Waals surface area contributed by atoms with Crippen LogP contribution >= 0.6 is 0 Å². The van der Waals surface area contributed by atoms with Crippen LogP contribution in [0.4, 0.5) is 0 Å². The number of aldehydes is 1. The van der Waals surface area contributed by atoms with Crippen LogP contribution in [-0.2, 0) is 4.79 Å². The molecule has 0 aromatic heterocycles. The minimum absolute atomic E-state index is 0.0268. The molecular weight excluding hydrogens is 234 g/mol. The number of hydrogen-bond donors (Lipinski definition) is 0. The topological polar surface area (TPSA) is 20.3 Å². The first-order chi connectivity index (χ1) is 8.95. The Bertz CT molecular complexity index is 302. The van der Waals surface area contributed by atoms with E-state index < -0.39 is 0 Å². The molecule has 0 radical (unpaired) electrons. The van der Waals surface area contributed by atoms with Gasteiger partial charge in [-0.2, -0.15) is 0 Å². The maximum Gasteiger partial charge on any atom is 0.127 e. The number of carbonyl (C=O) groups excluding carboxylic acids is 1. The molecule has 110 valence electrons. The highest BCUT2D eigenvalue weighted by atomic mass is 16.1. The van der Waals surface area contributed by atoms with Gasteiger partial charge in [0.05, 0.1) is 0 Å². The Morgan fingerprint density at radius 2 is 1.79 bits per heavy atom. The number of hydrogen-bond acceptors (Lipinski definition) is 2. The summed E-state index contributed by atoms with van der Waals surface area (Å²) in [5, 5.41) is 0. The summed E-state index contributed by atoms with van der Waals surface area (Å²) in [4.78, 5) is 14.2. The molecule has 0 aromatic rings. The Labute approximate surface area is 118 Å². The van der Waals surface area contributed by atoms with E-state index in [-0.39, 0.29) is 5.41 Å². The average molecular weight is 265 g/mol. The van der Waals surface area contributed by atoms with Crippen molar-refractivity contribution in [2.24, 2.45) is 16.7 Å². The fourth-order valence-corrected chi connectivity index (χ4v) is 3.73. The lowest BCUT2D eigenvalue weighted by atomic mass is 9.71. The summed E-state index contributed by atoms with van der Waals surface area (Å²) in [6.07, 6.45) is 9.87. The van der Waals surface area contributed by atoms with Crippen LogP contribution in [-0.4, -0.2) is 30.8 Å². The van der Waals surface area contributed by atoms with Crippen molar-refractivity contribution in [2.45, 2.75) is 65.7 Å². The lowest BCUT2D eigenvalue weighted by molar-refractivity contribution is -0.119. The van der Waals surface area contributed by atoms with E-state index in [1.54, 1.807) is 0 Å². The third-order valence-corrected chi connectivity index (χ3v) is 5.49. The van der Waals surface area contributed by atoms with Crippen molar-refractivity contribution in [2.75, 3.05) is 19.6 Å². The molecule has 1 aliphatic carbocycles. The molecule has 0 atom stereocenters. The van der Waals surface area contributed by atoms with Crippen LogP contribution in [0.1, 0.15) is 65.7 Å². The Hall–Kier alpha value is -0.370. The maximum absolute atomic E-state index is 11.6. The fraction of sp³-hybridized carbons (Fsp3) is 0.941. The summed E-state index contributed by atoms with van der Waals surface area (Å²) in [6, 6.07) is 0. The molecule has 2 aliphatic rings. The van der Waals surface area contributed by atoms with Gasteiger partial charge in [-0.3, -0.25) is 0 Å². The van der Waals surface area contributed by atoms with E-state index in [0.29, 0.717) is 5.41 Å². The monoisotopic (exact) mass is 265 g/mol. The second-order valence-corrected chi connectivity index (χ2v) is 7.96. The van der Waals surface area contributed by atoms with Crippen molar-refractivity contribution >= 4 is 6.29 Å². The van der Waals surface area contributed by atoms with E-state index in [0.717, 1.165) is 25.3 Å². The Kier molecular flexibility index (Phi) is 4.70. The predicted octanol–water partition coefficient (Wildman–Crippen LogP) is 3.89. The number of rotatable bonds is 3. The van der Waals surface area contributed by atoms with Gasteiger partial charge in [0.25, 0.3) is 0 Å². The van der Waals surface area contributed by atoms with E-state index in [2.05, 4.69) is 25.7 Å². The molecular formula is C17H31NO. The zero-order valence-corrected chi connectivity index (χ0v) is 13.1. The summed E-state index contributed by atoms with van der Waals surface area (Å²) < 4.78 is 0. The van der Waals surface area contributed by atoms with Crippen molar-refractivity contribution < 1.29 is 4.79 Å². The van der Waals surface area contributed by atoms with Gasteiger partial charge in [0.15, 0.2) is 0 Å². The molecule has 1 aliphatic heterocycles. The molecule has 1 heterocycles. The van der Waals surface area contributed by atoms with Gasteiger partial charge in [-0.25, -0.2) is 0 Å². The molecule has 2 nitrogen and oxygen atoms in total. The van der Waals surface area contributed by atoms with Crippen molar-refractivity contribution in [3.05, 3.63) is 0 Å². The zero-order valence-electron chi connectivity index (χ0n) is 13.1. The fourth-order valence-electron chi connectivity index (χ4n) is 3.73. The molecule has 19 heavy (non-hydrogen) atoms. The van der Waals surface area contributed by atoms with Gasteiger partial charge in [0.2, 0.25) is 0 Å². The Morgan fingerprint density at radius 1 is 1.11 bits per heavy atom. The van der Waals surface area contributed by atoms with Crippen molar-refractivity contribution in [1.29, 1.82) is 0 Å². The lowest BCUT2D eigenvalue weighted by Gasteiger charge is -2.38. The van der Waals surface area contributed by atoms with Crippen LogP contribution in [0.2, 0.25) is 0 Å². The van der Waals surface area contributed by atoms with Crippen LogP contribution in [0, 0.1) is 16.7 Å². The highest BCUT2D eigenvalue weighted by Gasteiger charge is 2.36. The van der Waals surface area contributed by atoms with E-state index in [9.17, 15) is 4.79 Å². The molecule has 2 heteroatoms. The Morgan fingerprint density at radius 3 is 2.42 bits per heavy atom. The molecule has 0 unspecified atom stereocenters. The van der Waals surface area contributed by atoms with Gasteiger partial charge in [0, 0.05) is 12.0 Å². The molecule has 0 spiro atoms. The molecule has 0 aromatic carbocycles. The van der Waals surface area contributed by atoms with E-state index >= 15 is 0 Å². The van der Waals surface area contributed by atoms with Gasteiger partial charge in [-0.15, -0.1) is 0 Å². The zero-order chi connectivity index (χ0) is 13.9. The van der Waals surface area contributed by atoms with Gasteiger partial charge in [-0.05, 0) is 69.4 Å². The van der Waals surface area contributed by atoms with Gasteiger partial charge >= 0.3 is 0 Å². The second-order valence-electron chi connectivity index (χ2n) is 7.96. The number of likely N-dealkylation sites (tertiary alicyclic amines) is 1. The summed E-state index contributed by atoms with van der Waals surface area (Å²) >= 11 is 0. The number of nitrogens with zero attached hydrogens (tertiary/aromatic N) is 1. The largest absolute Gasteiger partial charge is 0.303 e. The van der Waals surface area contributed by atoms with Crippen LogP contribution in [0.15, 0.2) is 0 Å². The SMILES string of the molecule is CC1CCC(C=O)(CN2CCCC(C)(C)CC2)CC1. The van der Waals surface area contributed by atoms with Gasteiger partial charge in [-0.1, -0.05) is 20.8 Å². The summed E-state index contributed by atoms with van der Waals surface area (Å²) in [7, 11) is 0. The van der Waals surface area contributed by atoms with Crippen molar-refractivity contribution in [3.8, 4) is 0 Å². The average Bonchev–Trinajstić information content (AvgIpc) is 2.54. The first-order valence-corrected chi connectivity index (χ1v) is 8.13. The molecule has 0 amide bonds. The maximum atomic E-state index is 11.6. The second kappa shape index (κ2) is 5.95.